The molecular formula is C32H39Cl4NO6. The van der Waals surface area contributed by atoms with Crippen molar-refractivity contribution in [3.8, 4) is 34.1 Å². The van der Waals surface area contributed by atoms with Gasteiger partial charge in [0.25, 0.3) is 0 Å². The second-order valence-electron chi connectivity index (χ2n) is 10.6. The van der Waals surface area contributed by atoms with Gasteiger partial charge in [-0.15, -0.1) is 47.2 Å². The Bertz CT molecular complexity index is 1480. The van der Waals surface area contributed by atoms with E-state index < -0.39 is 11.2 Å². The van der Waals surface area contributed by atoms with Crippen molar-refractivity contribution in [2.24, 2.45) is 0 Å². The minimum absolute atomic E-state index is 0. The lowest BCUT2D eigenvalue weighted by Gasteiger charge is -2.31. The van der Waals surface area contributed by atoms with Crippen molar-refractivity contribution in [2.45, 2.75) is 39.7 Å². The maximum atomic E-state index is 12.9. The molecule has 0 fully saturated rings. The number of methoxy groups -OCH3 is 1. The number of hydrogen-bond donors (Lipinski definition) is 2. The van der Waals surface area contributed by atoms with E-state index in [2.05, 4.69) is 11.0 Å². The lowest BCUT2D eigenvalue weighted by molar-refractivity contribution is 0.157. The number of nitrogens with zero attached hydrogens (tertiary/aromatic N) is 1. The van der Waals surface area contributed by atoms with Gasteiger partial charge in [-0.25, -0.2) is 4.79 Å². The molecule has 0 bridgehead atoms. The number of alkyl halides is 3. The molecule has 0 amide bonds. The number of phenolic OH excluding ortho intramolecular Hbond substituents is 1. The van der Waals surface area contributed by atoms with E-state index in [9.17, 15) is 15.0 Å². The summed E-state index contributed by atoms with van der Waals surface area (Å²) >= 11 is 16.6. The number of halogens is 4. The molecule has 0 spiro atoms. The molecule has 3 aromatic rings. The average molecular weight is 675 g/mol. The van der Waals surface area contributed by atoms with Gasteiger partial charge in [0.05, 0.1) is 12.7 Å². The van der Waals surface area contributed by atoms with Crippen molar-refractivity contribution >= 4 is 64.3 Å². The highest BCUT2D eigenvalue weighted by atomic mass is 35.5. The number of ether oxygens (including phenoxy) is 2. The Labute approximate surface area is 274 Å². The number of benzene rings is 2. The third-order valence-electron chi connectivity index (χ3n) is 6.66. The van der Waals surface area contributed by atoms with Crippen LogP contribution in [0, 0.1) is 0 Å². The lowest BCUT2D eigenvalue weighted by atomic mass is 9.93. The van der Waals surface area contributed by atoms with Crippen LogP contribution in [-0.2, 0) is 6.42 Å². The van der Waals surface area contributed by atoms with E-state index >= 15 is 0 Å². The topological polar surface area (TPSA) is 92.4 Å². The SMILES string of the molecule is COc1c(CC=C(C)C)c2c(c3oc(=O)c(-c4ccc(O)cc4)c(O)c13)C=CC(C)(C)O2.Cl.ClCCN(CCCl)CCCl. The normalized spacial score (nSPS) is 13.0. The monoisotopic (exact) mass is 673 g/mol. The number of phenols is 1. The van der Waals surface area contributed by atoms with Gasteiger partial charge in [-0.2, -0.15) is 0 Å². The van der Waals surface area contributed by atoms with Crippen LogP contribution < -0.4 is 15.1 Å². The van der Waals surface area contributed by atoms with Crippen LogP contribution in [0.3, 0.4) is 0 Å². The van der Waals surface area contributed by atoms with Crippen LogP contribution in [0.4, 0.5) is 0 Å². The third-order valence-corrected chi connectivity index (χ3v) is 7.16. The molecular weight excluding hydrogens is 636 g/mol. The second-order valence-corrected chi connectivity index (χ2v) is 11.7. The molecule has 2 aromatic carbocycles. The Morgan fingerprint density at radius 3 is 2.12 bits per heavy atom. The van der Waals surface area contributed by atoms with Gasteiger partial charge >= 0.3 is 5.63 Å². The van der Waals surface area contributed by atoms with Crippen LogP contribution in [0.15, 0.2) is 51.2 Å². The third kappa shape index (κ3) is 8.99. The smallest absolute Gasteiger partial charge is 0.348 e. The van der Waals surface area contributed by atoms with Crippen molar-refractivity contribution < 1.29 is 24.1 Å². The predicted molar refractivity (Wildman–Crippen MR) is 181 cm³/mol. The number of hydrogen-bond acceptors (Lipinski definition) is 7. The minimum Gasteiger partial charge on any atom is -0.508 e. The molecule has 1 aliphatic heterocycles. The Balaban J connectivity index is 0.000000507. The van der Waals surface area contributed by atoms with E-state index in [-0.39, 0.29) is 35.1 Å². The molecule has 236 valence electrons. The molecule has 1 aliphatic rings. The lowest BCUT2D eigenvalue weighted by Crippen LogP contribution is -2.29. The highest BCUT2D eigenvalue weighted by Gasteiger charge is 2.32. The highest BCUT2D eigenvalue weighted by Crippen LogP contribution is 2.49. The molecule has 0 radical (unpaired) electrons. The first-order valence-corrected chi connectivity index (χ1v) is 15.2. The van der Waals surface area contributed by atoms with Crippen molar-refractivity contribution in [1.82, 2.24) is 4.90 Å². The van der Waals surface area contributed by atoms with Crippen LogP contribution in [0.25, 0.3) is 28.2 Å². The highest BCUT2D eigenvalue weighted by molar-refractivity contribution is 6.18. The Hall–Kier alpha value is -2.55. The van der Waals surface area contributed by atoms with Crippen LogP contribution in [0.2, 0.25) is 0 Å². The summed E-state index contributed by atoms with van der Waals surface area (Å²) < 4.78 is 17.8. The van der Waals surface area contributed by atoms with Crippen molar-refractivity contribution in [3.63, 3.8) is 0 Å². The maximum Gasteiger partial charge on any atom is 0.348 e. The average Bonchev–Trinajstić information content (AvgIpc) is 2.93. The van der Waals surface area contributed by atoms with Gasteiger partial charge in [0.15, 0.2) is 5.58 Å². The molecule has 4 rings (SSSR count). The summed E-state index contributed by atoms with van der Waals surface area (Å²) in [6, 6.07) is 5.99. The van der Waals surface area contributed by atoms with Crippen LogP contribution in [-0.4, -0.2) is 65.1 Å². The van der Waals surface area contributed by atoms with E-state index in [1.807, 2.05) is 39.8 Å². The summed E-state index contributed by atoms with van der Waals surface area (Å²) in [5.74, 6) is 2.72. The molecule has 43 heavy (non-hydrogen) atoms. The molecule has 0 unspecified atom stereocenters. The number of aromatic hydroxyl groups is 2. The quantitative estimate of drug-likeness (QED) is 0.128. The fraction of sp³-hybridized carbons (Fsp3) is 0.406. The largest absolute Gasteiger partial charge is 0.508 e. The standard InChI is InChI=1S/C26H26O6.C6H12Cl3N.ClH/c1-14(2)6-11-17-22-18(12-13-26(3,4)32-22)24-20(23(17)30-5)21(28)19(25(29)31-24)15-7-9-16(27)10-8-15;7-1-4-10(5-2-8)6-3-9;/h6-10,12-13,27-28H,11H2,1-5H3;1-6H2;1H. The maximum absolute atomic E-state index is 12.9. The fourth-order valence-corrected chi connectivity index (χ4v) is 5.30. The zero-order chi connectivity index (χ0) is 31.0. The van der Waals surface area contributed by atoms with Gasteiger partial charge in [0.1, 0.15) is 39.5 Å². The van der Waals surface area contributed by atoms with Crippen LogP contribution >= 0.6 is 47.2 Å². The Morgan fingerprint density at radius 2 is 1.60 bits per heavy atom. The zero-order valence-corrected chi connectivity index (χ0v) is 28.1. The van der Waals surface area contributed by atoms with Gasteiger partial charge in [-0.1, -0.05) is 23.8 Å². The van der Waals surface area contributed by atoms with Gasteiger partial charge in [-0.05, 0) is 64.0 Å². The molecule has 7 nitrogen and oxygen atoms in total. The Morgan fingerprint density at radius 1 is 1.02 bits per heavy atom. The van der Waals surface area contributed by atoms with E-state index in [0.29, 0.717) is 52.1 Å². The summed E-state index contributed by atoms with van der Waals surface area (Å²) in [7, 11) is 1.52. The molecule has 0 atom stereocenters. The first-order valence-electron chi connectivity index (χ1n) is 13.6. The fourth-order valence-electron chi connectivity index (χ4n) is 4.59. The summed E-state index contributed by atoms with van der Waals surface area (Å²) in [5.41, 5.74) is 1.85. The van der Waals surface area contributed by atoms with Gasteiger partial charge in [0, 0.05) is 42.8 Å². The van der Waals surface area contributed by atoms with Gasteiger partial charge in [0.2, 0.25) is 0 Å². The van der Waals surface area contributed by atoms with Gasteiger partial charge < -0.3 is 24.1 Å². The first kappa shape index (κ1) is 36.6. The van der Waals surface area contributed by atoms with Crippen molar-refractivity contribution in [3.05, 3.63) is 63.5 Å². The molecule has 1 aromatic heterocycles. The molecule has 2 heterocycles. The Kier molecular flexibility index (Phi) is 14.1. The summed E-state index contributed by atoms with van der Waals surface area (Å²) in [6.07, 6.45) is 6.31. The first-order chi connectivity index (χ1) is 20.0. The molecule has 0 aliphatic carbocycles. The number of fused-ring (bicyclic) bond motifs is 3. The van der Waals surface area contributed by atoms with Crippen LogP contribution in [0.1, 0.15) is 38.8 Å². The molecule has 11 heteroatoms. The summed E-state index contributed by atoms with van der Waals surface area (Å²) in [4.78, 5) is 15.1. The van der Waals surface area contributed by atoms with E-state index in [4.69, 9.17) is 48.7 Å². The van der Waals surface area contributed by atoms with E-state index in [1.165, 1.54) is 19.2 Å². The van der Waals surface area contributed by atoms with E-state index in [1.54, 1.807) is 12.1 Å². The summed E-state index contributed by atoms with van der Waals surface area (Å²) in [5, 5.41) is 21.2. The van der Waals surface area contributed by atoms with Crippen molar-refractivity contribution in [2.75, 3.05) is 44.4 Å². The van der Waals surface area contributed by atoms with Crippen molar-refractivity contribution in [1.29, 1.82) is 0 Å². The molecule has 0 saturated carbocycles. The van der Waals surface area contributed by atoms with Gasteiger partial charge in [-0.3, -0.25) is 4.90 Å². The number of rotatable bonds is 10. The summed E-state index contributed by atoms with van der Waals surface area (Å²) in [6.45, 7) is 10.5. The zero-order valence-electron chi connectivity index (χ0n) is 25.0. The van der Waals surface area contributed by atoms with E-state index in [0.717, 1.165) is 30.8 Å². The second kappa shape index (κ2) is 16.5. The number of allylic oxidation sites excluding steroid dienone is 2. The predicted octanol–water partition coefficient (Wildman–Crippen LogP) is 8.00. The van der Waals surface area contributed by atoms with Crippen LogP contribution in [0.5, 0.6) is 23.0 Å². The molecule has 2 N–H and O–H groups in total. The molecule has 0 saturated heterocycles. The minimum atomic E-state index is -0.694.